The molecule has 0 bridgehead atoms. The van der Waals surface area contributed by atoms with Gasteiger partial charge in [-0.1, -0.05) is 43.3 Å². The first-order valence-electron chi connectivity index (χ1n) is 7.79. The Kier molecular flexibility index (Phi) is 9.10. The third-order valence-electron chi connectivity index (χ3n) is 3.55. The molecule has 0 aliphatic carbocycles. The predicted molar refractivity (Wildman–Crippen MR) is 97.8 cm³/mol. The average Bonchev–Trinajstić information content (AvgIpc) is 2.61. The lowest BCUT2D eigenvalue weighted by atomic mass is 10.0. The summed E-state index contributed by atoms with van der Waals surface area (Å²) in [5, 5.41) is 8.45. The smallest absolute Gasteiger partial charge is 0.306 e. The van der Waals surface area contributed by atoms with Crippen LogP contribution in [0.1, 0.15) is 19.8 Å². The molecule has 124 valence electrons. The van der Waals surface area contributed by atoms with E-state index >= 15 is 0 Å². The minimum absolute atomic E-state index is 0.203. The highest BCUT2D eigenvalue weighted by atomic mass is 32.2. The molecule has 2 aromatic rings. The van der Waals surface area contributed by atoms with Crippen molar-refractivity contribution in [2.45, 2.75) is 29.6 Å². The molecule has 0 aliphatic rings. The number of aliphatic carboxylic acids is 1. The largest absolute Gasteiger partial charge is 0.481 e. The van der Waals surface area contributed by atoms with Gasteiger partial charge in [-0.15, -0.1) is 0 Å². The Hall–Kier alpha value is -1.78. The van der Waals surface area contributed by atoms with E-state index in [0.29, 0.717) is 19.4 Å². The van der Waals surface area contributed by atoms with E-state index in [4.69, 9.17) is 10.8 Å². The number of nitrogens with two attached hydrogens (primary N) is 1. The van der Waals surface area contributed by atoms with Crippen LogP contribution < -0.4 is 5.73 Å². The molecule has 0 saturated carbocycles. The van der Waals surface area contributed by atoms with Gasteiger partial charge in [-0.2, -0.15) is 0 Å². The Morgan fingerprint density at radius 2 is 1.48 bits per heavy atom. The van der Waals surface area contributed by atoms with Crippen LogP contribution >= 0.6 is 0 Å². The number of rotatable bonds is 6. The molecule has 3 N–H and O–H groups in total. The maximum absolute atomic E-state index is 10.3. The van der Waals surface area contributed by atoms with Gasteiger partial charge in [-0.05, 0) is 43.7 Å². The summed E-state index contributed by atoms with van der Waals surface area (Å²) in [6.45, 7) is 2.32. The Morgan fingerprint density at radius 3 is 1.74 bits per heavy atom. The third-order valence-corrected chi connectivity index (χ3v) is 5.51. The topological polar surface area (TPSA) is 63.3 Å². The van der Waals surface area contributed by atoms with Gasteiger partial charge >= 0.3 is 5.97 Å². The van der Waals surface area contributed by atoms with Crippen LogP contribution in [0.5, 0.6) is 0 Å². The van der Waals surface area contributed by atoms with Crippen molar-refractivity contribution < 1.29 is 9.90 Å². The van der Waals surface area contributed by atoms with Crippen LogP contribution in [0.25, 0.3) is 0 Å². The summed E-state index contributed by atoms with van der Waals surface area (Å²) in [5.74, 6) is -0.974. The highest BCUT2D eigenvalue weighted by Crippen LogP contribution is 2.19. The van der Waals surface area contributed by atoms with Gasteiger partial charge in [0.2, 0.25) is 0 Å². The van der Waals surface area contributed by atoms with E-state index < -0.39 is 5.97 Å². The standard InChI is InChI=1S/C13H13S.C6H13NO2/c1-14(12-8-4-2-5-9-12)13-10-6-3-7-11-13;1-2-5(3-4-7)6(8)9/h2-11H,1H3;5H,2-4,7H2,1H3,(H,8,9)/q+1;. The number of carboxylic acid groups (broad SMARTS) is 1. The second kappa shape index (κ2) is 10.9. The number of carbonyl (C=O) groups is 1. The van der Waals surface area contributed by atoms with Gasteiger partial charge in [0.25, 0.3) is 0 Å². The molecular weight excluding hydrogens is 306 g/mol. The van der Waals surface area contributed by atoms with Gasteiger partial charge in [0, 0.05) is 0 Å². The SMILES string of the molecule is CCC(CCN)C(=O)O.C[S+](c1ccccc1)c1ccccc1. The third kappa shape index (κ3) is 6.89. The van der Waals surface area contributed by atoms with Crippen LogP contribution in [0.4, 0.5) is 0 Å². The molecule has 23 heavy (non-hydrogen) atoms. The van der Waals surface area contributed by atoms with Gasteiger partial charge < -0.3 is 10.8 Å². The molecule has 1 unspecified atom stereocenters. The van der Waals surface area contributed by atoms with E-state index in [9.17, 15) is 4.79 Å². The molecule has 2 aromatic carbocycles. The second-order valence-electron chi connectivity index (χ2n) is 5.16. The molecule has 2 rings (SSSR count). The Labute approximate surface area is 141 Å². The Morgan fingerprint density at radius 1 is 1.04 bits per heavy atom. The Balaban J connectivity index is 0.000000257. The molecule has 4 heteroatoms. The van der Waals surface area contributed by atoms with Gasteiger partial charge in [-0.25, -0.2) is 0 Å². The van der Waals surface area contributed by atoms with Crippen molar-refractivity contribution in [3.8, 4) is 0 Å². The lowest BCUT2D eigenvalue weighted by Gasteiger charge is -2.05. The normalized spacial score (nSPS) is 11.5. The number of benzene rings is 2. The second-order valence-corrected chi connectivity index (χ2v) is 7.12. The maximum atomic E-state index is 10.3. The van der Waals surface area contributed by atoms with E-state index in [1.807, 2.05) is 6.92 Å². The molecule has 0 radical (unpaired) electrons. The van der Waals surface area contributed by atoms with E-state index in [1.165, 1.54) is 9.79 Å². The maximum Gasteiger partial charge on any atom is 0.306 e. The zero-order valence-corrected chi connectivity index (χ0v) is 14.6. The lowest BCUT2D eigenvalue weighted by Crippen LogP contribution is -2.16. The Bertz CT molecular complexity index is 521. The highest BCUT2D eigenvalue weighted by Gasteiger charge is 2.17. The van der Waals surface area contributed by atoms with Crippen molar-refractivity contribution in [1.82, 2.24) is 0 Å². The summed E-state index contributed by atoms with van der Waals surface area (Å²) in [7, 11) is 0.203. The summed E-state index contributed by atoms with van der Waals surface area (Å²) in [5.41, 5.74) is 5.18. The molecule has 1 atom stereocenters. The minimum Gasteiger partial charge on any atom is -0.481 e. The summed E-state index contributed by atoms with van der Waals surface area (Å²) in [4.78, 5) is 13.1. The molecule has 0 heterocycles. The molecule has 0 spiro atoms. The molecular formula is C19H26NO2S+. The van der Waals surface area contributed by atoms with Gasteiger partial charge in [-0.3, -0.25) is 4.79 Å². The molecule has 0 fully saturated rings. The fraction of sp³-hybridized carbons (Fsp3) is 0.316. The van der Waals surface area contributed by atoms with E-state index in [1.54, 1.807) is 0 Å². The van der Waals surface area contributed by atoms with Crippen LogP contribution in [-0.2, 0) is 15.7 Å². The van der Waals surface area contributed by atoms with Crippen LogP contribution in [-0.4, -0.2) is 23.9 Å². The molecule has 0 amide bonds. The first-order chi connectivity index (χ1) is 11.1. The summed E-state index contributed by atoms with van der Waals surface area (Å²) >= 11 is 0. The summed E-state index contributed by atoms with van der Waals surface area (Å²) < 4.78 is 0. The monoisotopic (exact) mass is 332 g/mol. The molecule has 0 aliphatic heterocycles. The van der Waals surface area contributed by atoms with Crippen molar-refractivity contribution in [3.63, 3.8) is 0 Å². The van der Waals surface area contributed by atoms with Crippen LogP contribution in [0.2, 0.25) is 0 Å². The molecule has 3 nitrogen and oxygen atoms in total. The van der Waals surface area contributed by atoms with Crippen molar-refractivity contribution in [2.24, 2.45) is 11.7 Å². The number of hydrogen-bond donors (Lipinski definition) is 2. The minimum atomic E-state index is -0.733. The predicted octanol–water partition coefficient (Wildman–Crippen LogP) is 3.80. The van der Waals surface area contributed by atoms with Gasteiger partial charge in [0.1, 0.15) is 6.26 Å². The summed E-state index contributed by atoms with van der Waals surface area (Å²) in [6.07, 6.45) is 3.53. The van der Waals surface area contributed by atoms with Crippen LogP contribution in [0.3, 0.4) is 0 Å². The van der Waals surface area contributed by atoms with Crippen LogP contribution in [0.15, 0.2) is 70.5 Å². The fourth-order valence-electron chi connectivity index (χ4n) is 2.09. The van der Waals surface area contributed by atoms with Crippen molar-refractivity contribution >= 4 is 16.9 Å². The zero-order chi connectivity index (χ0) is 17.1. The van der Waals surface area contributed by atoms with Crippen molar-refractivity contribution in [2.75, 3.05) is 12.8 Å². The van der Waals surface area contributed by atoms with Crippen LogP contribution in [0, 0.1) is 5.92 Å². The van der Waals surface area contributed by atoms with Crippen molar-refractivity contribution in [1.29, 1.82) is 0 Å². The lowest BCUT2D eigenvalue weighted by molar-refractivity contribution is -0.141. The molecule has 0 aromatic heterocycles. The number of carboxylic acids is 1. The quantitative estimate of drug-likeness (QED) is 0.791. The van der Waals surface area contributed by atoms with E-state index in [-0.39, 0.29) is 16.8 Å². The van der Waals surface area contributed by atoms with Gasteiger partial charge in [0.15, 0.2) is 9.79 Å². The fourth-order valence-corrected chi connectivity index (χ4v) is 3.49. The average molecular weight is 332 g/mol. The highest BCUT2D eigenvalue weighted by molar-refractivity contribution is 7.96. The molecule has 0 saturated heterocycles. The van der Waals surface area contributed by atoms with E-state index in [0.717, 1.165) is 0 Å². The van der Waals surface area contributed by atoms with Crippen molar-refractivity contribution in [3.05, 3.63) is 60.7 Å². The first-order valence-corrected chi connectivity index (χ1v) is 9.42. The van der Waals surface area contributed by atoms with Gasteiger partial charge in [0.05, 0.1) is 16.8 Å². The number of hydrogen-bond acceptors (Lipinski definition) is 2. The first kappa shape index (κ1) is 19.3. The zero-order valence-electron chi connectivity index (χ0n) is 13.8. The van der Waals surface area contributed by atoms with E-state index in [2.05, 4.69) is 66.9 Å². The summed E-state index contributed by atoms with van der Waals surface area (Å²) in [6, 6.07) is 21.3.